The number of hydrogen-bond donors (Lipinski definition) is 1. The molecule has 0 atom stereocenters. The van der Waals surface area contributed by atoms with Crippen LogP contribution in [-0.4, -0.2) is 9.55 Å². The van der Waals surface area contributed by atoms with Gasteiger partial charge in [-0.05, 0) is 116 Å². The zero-order chi connectivity index (χ0) is 42.5. The monoisotopic (exact) mass is 816 g/mol. The summed E-state index contributed by atoms with van der Waals surface area (Å²) < 4.78 is 2.35. The van der Waals surface area contributed by atoms with E-state index in [0.29, 0.717) is 21.5 Å². The number of fused-ring (bicyclic) bond motifs is 10. The van der Waals surface area contributed by atoms with Crippen LogP contribution in [0, 0.1) is 0 Å². The van der Waals surface area contributed by atoms with Gasteiger partial charge in [-0.1, -0.05) is 152 Å². The highest BCUT2D eigenvalue weighted by atomic mass is 16.1. The molecule has 11 aromatic carbocycles. The highest BCUT2D eigenvalue weighted by Crippen LogP contribution is 2.38. The van der Waals surface area contributed by atoms with E-state index in [1.807, 2.05) is 72.8 Å². The smallest absolute Gasteiger partial charge is 0.194 e. The Morgan fingerprint density at radius 2 is 0.859 bits per heavy atom. The second-order valence-electron chi connectivity index (χ2n) is 16.9. The number of nitrogens with one attached hydrogen (secondary N) is 1. The molecule has 64 heavy (non-hydrogen) atoms. The molecule has 0 saturated carbocycles. The van der Waals surface area contributed by atoms with Crippen molar-refractivity contribution in [2.45, 2.75) is 0 Å². The van der Waals surface area contributed by atoms with Crippen LogP contribution in [0.4, 0.5) is 0 Å². The lowest BCUT2D eigenvalue weighted by molar-refractivity contribution is 1.18. The van der Waals surface area contributed by atoms with Gasteiger partial charge in [0, 0.05) is 59.8 Å². The van der Waals surface area contributed by atoms with E-state index in [-0.39, 0.29) is 10.9 Å². The van der Waals surface area contributed by atoms with Crippen molar-refractivity contribution in [1.82, 2.24) is 9.55 Å². The third kappa shape index (κ3) is 5.56. The molecule has 0 bridgehead atoms. The van der Waals surface area contributed by atoms with Gasteiger partial charge in [0.15, 0.2) is 10.9 Å². The van der Waals surface area contributed by atoms with Crippen molar-refractivity contribution >= 4 is 86.7 Å². The van der Waals surface area contributed by atoms with E-state index in [1.54, 1.807) is 0 Å². The van der Waals surface area contributed by atoms with Crippen molar-refractivity contribution in [1.29, 1.82) is 0 Å². The van der Waals surface area contributed by atoms with Crippen molar-refractivity contribution in [3.8, 4) is 39.1 Å². The average Bonchev–Trinajstić information content (AvgIpc) is 3.80. The van der Waals surface area contributed by atoms with Crippen LogP contribution >= 0.6 is 0 Å². The maximum atomic E-state index is 14.8. The largest absolute Gasteiger partial charge is 0.354 e. The molecule has 298 valence electrons. The fourth-order valence-electron chi connectivity index (χ4n) is 10.1. The summed E-state index contributed by atoms with van der Waals surface area (Å²) in [4.78, 5) is 32.9. The van der Waals surface area contributed by atoms with Crippen LogP contribution in [0.2, 0.25) is 0 Å². The molecule has 2 heterocycles. The Bertz CT molecular complexity index is 4220. The van der Waals surface area contributed by atoms with Gasteiger partial charge in [0.25, 0.3) is 0 Å². The van der Waals surface area contributed by atoms with Crippen LogP contribution in [0.5, 0.6) is 0 Å². The van der Waals surface area contributed by atoms with Crippen LogP contribution < -0.4 is 10.9 Å². The van der Waals surface area contributed by atoms with Gasteiger partial charge in [-0.3, -0.25) is 9.59 Å². The van der Waals surface area contributed by atoms with E-state index in [9.17, 15) is 9.59 Å². The minimum atomic E-state index is -0.0619. The molecule has 0 amide bonds. The number of H-pyrrole nitrogens is 1. The molecule has 1 N–H and O–H groups in total. The molecule has 0 radical (unpaired) electrons. The molecule has 0 aliphatic rings. The van der Waals surface area contributed by atoms with Crippen molar-refractivity contribution < 1.29 is 0 Å². The molecule has 0 aliphatic heterocycles. The van der Waals surface area contributed by atoms with Crippen LogP contribution in [0.15, 0.2) is 222 Å². The van der Waals surface area contributed by atoms with E-state index in [1.165, 1.54) is 27.3 Å². The maximum absolute atomic E-state index is 14.8. The molecule has 0 spiro atoms. The van der Waals surface area contributed by atoms with Crippen molar-refractivity contribution in [3.05, 3.63) is 233 Å². The summed E-state index contributed by atoms with van der Waals surface area (Å²) in [6.45, 7) is 0. The van der Waals surface area contributed by atoms with Crippen LogP contribution in [-0.2, 0) is 0 Å². The summed E-state index contributed by atoms with van der Waals surface area (Å²) in [5, 5.41) is 10.3. The second kappa shape index (κ2) is 14.0. The Kier molecular flexibility index (Phi) is 7.87. The molecule has 13 rings (SSSR count). The fraction of sp³-hybridized carbons (Fsp3) is 0. The molecule has 13 aromatic rings. The lowest BCUT2D eigenvalue weighted by Gasteiger charge is -2.10. The van der Waals surface area contributed by atoms with Gasteiger partial charge in [-0.2, -0.15) is 0 Å². The summed E-state index contributed by atoms with van der Waals surface area (Å²) in [5.74, 6) is 0. The first-order valence-electron chi connectivity index (χ1n) is 21.7. The van der Waals surface area contributed by atoms with E-state index in [0.717, 1.165) is 76.9 Å². The summed E-state index contributed by atoms with van der Waals surface area (Å²) in [6, 6.07) is 73.1. The number of hydrogen-bond acceptors (Lipinski definition) is 2. The molecule has 0 fully saturated rings. The number of aromatic nitrogens is 2. The van der Waals surface area contributed by atoms with E-state index >= 15 is 0 Å². The molecular formula is C60H36N2O2. The molecule has 0 aliphatic carbocycles. The zero-order valence-corrected chi connectivity index (χ0v) is 34.5. The Morgan fingerprint density at radius 3 is 1.59 bits per heavy atom. The van der Waals surface area contributed by atoms with Gasteiger partial charge in [-0.15, -0.1) is 0 Å². The predicted molar refractivity (Wildman–Crippen MR) is 269 cm³/mol. The predicted octanol–water partition coefficient (Wildman–Crippen LogP) is 14.8. The minimum Gasteiger partial charge on any atom is -0.354 e. The number of benzene rings is 9. The number of rotatable bonds is 4. The molecule has 4 nitrogen and oxygen atoms in total. The van der Waals surface area contributed by atoms with E-state index in [2.05, 4.69) is 149 Å². The topological polar surface area (TPSA) is 54.9 Å². The average molecular weight is 817 g/mol. The van der Waals surface area contributed by atoms with Gasteiger partial charge in [0.05, 0.1) is 11.0 Å². The van der Waals surface area contributed by atoms with Crippen molar-refractivity contribution in [3.63, 3.8) is 0 Å². The van der Waals surface area contributed by atoms with Crippen LogP contribution in [0.1, 0.15) is 0 Å². The molecule has 0 unspecified atom stereocenters. The fourth-order valence-corrected chi connectivity index (χ4v) is 10.1. The second-order valence-corrected chi connectivity index (χ2v) is 16.9. The molecule has 2 aromatic heterocycles. The summed E-state index contributed by atoms with van der Waals surface area (Å²) in [5.41, 5.74) is 11.6. The van der Waals surface area contributed by atoms with Crippen molar-refractivity contribution in [2.24, 2.45) is 0 Å². The minimum absolute atomic E-state index is 0.0605. The SMILES string of the molecule is O=c1c2ccc(-c3ccc4c5ccc(-c6ccccc6)cc5n(-c5ccccc5)c4c3)cc2ccc2cc3c(=O)c4c(-c5ccc6c(c5)[nH]c5ccccc56)cccc4ccc3cc12. The van der Waals surface area contributed by atoms with E-state index < -0.39 is 0 Å². The summed E-state index contributed by atoms with van der Waals surface area (Å²) in [6.07, 6.45) is 0. The van der Waals surface area contributed by atoms with Gasteiger partial charge >= 0.3 is 0 Å². The standard InChI is InChI=1S/C60H36N2O2/c63-59-47-26-22-38(40-24-29-51-50-28-23-39(36-10-3-1-4-11-36)34-56(50)62(57(51)35-40)45-13-5-2-6-14-45)30-41(47)20-21-42-32-53-43(31-52(42)59)19-18-37-12-9-16-46(58(37)60(53)64)44-25-27-49-48-15-7-8-17-54(48)61-55(49)33-44/h1-35,61H. The molecular weight excluding hydrogens is 781 g/mol. The highest BCUT2D eigenvalue weighted by molar-refractivity contribution is 6.13. The maximum Gasteiger partial charge on any atom is 0.194 e. The number of nitrogens with zero attached hydrogens (tertiary/aromatic N) is 1. The lowest BCUT2D eigenvalue weighted by atomic mass is 9.97. The lowest BCUT2D eigenvalue weighted by Crippen LogP contribution is -2.02. The summed E-state index contributed by atoms with van der Waals surface area (Å²) >= 11 is 0. The Balaban J connectivity index is 0.955. The van der Waals surface area contributed by atoms with Crippen molar-refractivity contribution in [2.75, 3.05) is 0 Å². The summed E-state index contributed by atoms with van der Waals surface area (Å²) in [7, 11) is 0. The van der Waals surface area contributed by atoms with Gasteiger partial charge in [0.2, 0.25) is 0 Å². The Morgan fingerprint density at radius 1 is 0.312 bits per heavy atom. The number of para-hydroxylation sites is 2. The van der Waals surface area contributed by atoms with Crippen LogP contribution in [0.25, 0.3) is 126 Å². The van der Waals surface area contributed by atoms with E-state index in [4.69, 9.17) is 0 Å². The first-order chi connectivity index (χ1) is 31.5. The Hall–Kier alpha value is -8.60. The number of aromatic amines is 1. The highest BCUT2D eigenvalue weighted by Gasteiger charge is 2.17. The van der Waals surface area contributed by atoms with Gasteiger partial charge in [-0.25, -0.2) is 0 Å². The molecule has 0 saturated heterocycles. The normalized spacial score (nSPS) is 11.9. The Labute approximate surface area is 366 Å². The van der Waals surface area contributed by atoms with Gasteiger partial charge in [0.1, 0.15) is 0 Å². The van der Waals surface area contributed by atoms with Gasteiger partial charge < -0.3 is 9.55 Å². The first kappa shape index (κ1) is 36.1. The quantitative estimate of drug-likeness (QED) is 0.192. The third-order valence-corrected chi connectivity index (χ3v) is 13.3. The molecule has 4 heteroatoms. The first-order valence-corrected chi connectivity index (χ1v) is 21.7. The van der Waals surface area contributed by atoms with Crippen LogP contribution in [0.3, 0.4) is 0 Å². The zero-order valence-electron chi connectivity index (χ0n) is 34.5. The third-order valence-electron chi connectivity index (χ3n) is 13.3.